The van der Waals surface area contributed by atoms with Crippen LogP contribution < -0.4 is 11.1 Å². The van der Waals surface area contributed by atoms with Crippen molar-refractivity contribution in [2.75, 3.05) is 20.3 Å². The third-order valence-corrected chi connectivity index (χ3v) is 2.54. The molecule has 1 unspecified atom stereocenters. The van der Waals surface area contributed by atoms with Crippen molar-refractivity contribution < 1.29 is 17.9 Å². The predicted octanol–water partition coefficient (Wildman–Crippen LogP) is 2.20. The van der Waals surface area contributed by atoms with Gasteiger partial charge in [0.05, 0.1) is 6.61 Å². The highest BCUT2D eigenvalue weighted by Gasteiger charge is 2.10. The molecule has 0 saturated heterocycles. The lowest BCUT2D eigenvalue weighted by Gasteiger charge is -2.13. The molecule has 0 amide bonds. The van der Waals surface area contributed by atoms with Crippen molar-refractivity contribution in [3.05, 3.63) is 35.1 Å². The van der Waals surface area contributed by atoms with Crippen LogP contribution in [0.2, 0.25) is 0 Å². The molecular weight excluding hydrogens is 398 g/mol. The summed E-state index contributed by atoms with van der Waals surface area (Å²) in [7, 11) is 1.57. The molecule has 1 rings (SSSR count). The van der Waals surface area contributed by atoms with Crippen LogP contribution in [0.3, 0.4) is 0 Å². The monoisotopic (exact) mass is 417 g/mol. The molecule has 0 aliphatic rings. The zero-order valence-corrected chi connectivity index (χ0v) is 14.2. The summed E-state index contributed by atoms with van der Waals surface area (Å²) in [6.45, 7) is 2.59. The number of nitrogens with zero attached hydrogens (tertiary/aromatic N) is 1. The molecule has 3 N–H and O–H groups in total. The van der Waals surface area contributed by atoms with E-state index in [0.29, 0.717) is 12.2 Å². The van der Waals surface area contributed by atoms with E-state index >= 15 is 0 Å². The van der Waals surface area contributed by atoms with E-state index < -0.39 is 17.5 Å². The van der Waals surface area contributed by atoms with Gasteiger partial charge in [0.25, 0.3) is 0 Å². The van der Waals surface area contributed by atoms with Crippen molar-refractivity contribution in [3.8, 4) is 0 Å². The summed E-state index contributed by atoms with van der Waals surface area (Å²) < 4.78 is 43.6. The number of methoxy groups -OCH3 is 1. The predicted molar refractivity (Wildman–Crippen MR) is 86.4 cm³/mol. The van der Waals surface area contributed by atoms with Gasteiger partial charge in [-0.2, -0.15) is 0 Å². The van der Waals surface area contributed by atoms with Gasteiger partial charge in [-0.25, -0.2) is 13.2 Å². The van der Waals surface area contributed by atoms with E-state index in [1.165, 1.54) is 0 Å². The quantitative estimate of drug-likeness (QED) is 0.323. The fourth-order valence-electron chi connectivity index (χ4n) is 1.65. The number of nitrogens with two attached hydrogens (primary N) is 1. The van der Waals surface area contributed by atoms with Crippen LogP contribution in [0.4, 0.5) is 13.2 Å². The van der Waals surface area contributed by atoms with Crippen LogP contribution in [0, 0.1) is 17.5 Å². The average molecular weight is 417 g/mol. The number of rotatable bonds is 6. The second-order valence-electron chi connectivity index (χ2n) is 4.39. The highest BCUT2D eigenvalue weighted by atomic mass is 127. The summed E-state index contributed by atoms with van der Waals surface area (Å²) in [5.74, 6) is -3.66. The number of ether oxygens (including phenoxy) is 1. The Kier molecular flexibility index (Phi) is 9.34. The minimum Gasteiger partial charge on any atom is -0.383 e. The van der Waals surface area contributed by atoms with E-state index in [-0.39, 0.29) is 48.9 Å². The van der Waals surface area contributed by atoms with Crippen molar-refractivity contribution >= 4 is 29.9 Å². The fraction of sp³-hybridized carbons (Fsp3) is 0.462. The van der Waals surface area contributed by atoms with Crippen molar-refractivity contribution in [2.45, 2.75) is 19.4 Å². The van der Waals surface area contributed by atoms with Gasteiger partial charge < -0.3 is 15.8 Å². The number of halogens is 4. The summed E-state index contributed by atoms with van der Waals surface area (Å²) in [4.78, 5) is 4.01. The summed E-state index contributed by atoms with van der Waals surface area (Å²) in [6.07, 6.45) is 0.259. The van der Waals surface area contributed by atoms with Gasteiger partial charge in [0.2, 0.25) is 0 Å². The smallest absolute Gasteiger partial charge is 0.194 e. The maximum atomic E-state index is 13.0. The van der Waals surface area contributed by atoms with Gasteiger partial charge in [-0.05, 0) is 31.0 Å². The molecular formula is C13H19F3IN3O. The van der Waals surface area contributed by atoms with Gasteiger partial charge in [0, 0.05) is 19.7 Å². The molecule has 0 aromatic heterocycles. The normalized spacial score (nSPS) is 12.7. The van der Waals surface area contributed by atoms with Crippen LogP contribution in [-0.2, 0) is 11.2 Å². The number of benzene rings is 1. The number of hydrogen-bond acceptors (Lipinski definition) is 2. The molecule has 8 heteroatoms. The van der Waals surface area contributed by atoms with Crippen molar-refractivity contribution in [3.63, 3.8) is 0 Å². The van der Waals surface area contributed by atoms with Crippen molar-refractivity contribution in [1.82, 2.24) is 5.32 Å². The van der Waals surface area contributed by atoms with Crippen LogP contribution in [0.25, 0.3) is 0 Å². The minimum atomic E-state index is -1.47. The second kappa shape index (κ2) is 9.82. The Hall–Kier alpha value is -1.03. The molecule has 0 aliphatic heterocycles. The molecule has 1 atom stereocenters. The molecule has 0 saturated carbocycles. The Bertz CT molecular complexity index is 463. The lowest BCUT2D eigenvalue weighted by Crippen LogP contribution is -2.40. The molecule has 0 bridgehead atoms. The summed E-state index contributed by atoms with van der Waals surface area (Å²) in [5.41, 5.74) is 5.95. The van der Waals surface area contributed by atoms with E-state index in [9.17, 15) is 13.2 Å². The molecule has 0 heterocycles. The zero-order chi connectivity index (χ0) is 15.1. The SMILES string of the molecule is COCC(C)NC(N)=NCCc1cc(F)c(F)c(F)c1.I. The van der Waals surface area contributed by atoms with Gasteiger partial charge in [-0.1, -0.05) is 0 Å². The lowest BCUT2D eigenvalue weighted by molar-refractivity contribution is 0.179. The van der Waals surface area contributed by atoms with Crippen LogP contribution in [0.1, 0.15) is 12.5 Å². The Balaban J connectivity index is 0.00000400. The Morgan fingerprint density at radius 2 is 1.90 bits per heavy atom. The summed E-state index contributed by atoms with van der Waals surface area (Å²) >= 11 is 0. The van der Waals surface area contributed by atoms with Gasteiger partial charge in [-0.15, -0.1) is 24.0 Å². The third-order valence-electron chi connectivity index (χ3n) is 2.54. The van der Waals surface area contributed by atoms with E-state index in [0.717, 1.165) is 12.1 Å². The molecule has 0 fully saturated rings. The Morgan fingerprint density at radius 3 is 2.43 bits per heavy atom. The number of nitrogens with one attached hydrogen (secondary N) is 1. The molecule has 0 spiro atoms. The molecule has 1 aromatic carbocycles. The first kappa shape index (κ1) is 20.0. The lowest BCUT2D eigenvalue weighted by atomic mass is 10.1. The first-order chi connectivity index (χ1) is 9.43. The molecule has 120 valence electrons. The summed E-state index contributed by atoms with van der Waals surface area (Å²) in [6, 6.07) is 1.90. The van der Waals surface area contributed by atoms with Crippen LogP contribution >= 0.6 is 24.0 Å². The minimum absolute atomic E-state index is 0. The van der Waals surface area contributed by atoms with Crippen LogP contribution in [0.5, 0.6) is 0 Å². The molecule has 21 heavy (non-hydrogen) atoms. The van der Waals surface area contributed by atoms with E-state index in [1.54, 1.807) is 7.11 Å². The third kappa shape index (κ3) is 6.98. The fourth-order valence-corrected chi connectivity index (χ4v) is 1.65. The molecule has 4 nitrogen and oxygen atoms in total. The number of guanidine groups is 1. The molecule has 1 aromatic rings. The van der Waals surface area contributed by atoms with Crippen LogP contribution in [-0.4, -0.2) is 32.3 Å². The highest BCUT2D eigenvalue weighted by Crippen LogP contribution is 2.13. The number of hydrogen-bond donors (Lipinski definition) is 2. The highest BCUT2D eigenvalue weighted by molar-refractivity contribution is 14.0. The Morgan fingerprint density at radius 1 is 1.33 bits per heavy atom. The standard InChI is InChI=1S/C13H18F3N3O.HI/c1-8(7-20-2)19-13(17)18-4-3-9-5-10(14)12(16)11(15)6-9;/h5-6,8H,3-4,7H2,1-2H3,(H3,17,18,19);1H. The maximum absolute atomic E-state index is 13.0. The van der Waals surface area contributed by atoms with Gasteiger partial charge >= 0.3 is 0 Å². The molecule has 0 radical (unpaired) electrons. The largest absolute Gasteiger partial charge is 0.383 e. The first-order valence-electron chi connectivity index (χ1n) is 6.12. The maximum Gasteiger partial charge on any atom is 0.194 e. The van der Waals surface area contributed by atoms with E-state index in [1.807, 2.05) is 6.92 Å². The van der Waals surface area contributed by atoms with Gasteiger partial charge in [-0.3, -0.25) is 4.99 Å². The Labute approximate surface area is 139 Å². The average Bonchev–Trinajstić information content (AvgIpc) is 2.36. The molecule has 0 aliphatic carbocycles. The van der Waals surface area contributed by atoms with Crippen LogP contribution in [0.15, 0.2) is 17.1 Å². The van der Waals surface area contributed by atoms with E-state index in [2.05, 4.69) is 10.3 Å². The van der Waals surface area contributed by atoms with E-state index in [4.69, 9.17) is 10.5 Å². The van der Waals surface area contributed by atoms with Gasteiger partial charge in [0.15, 0.2) is 23.4 Å². The number of aliphatic imine (C=N–C) groups is 1. The summed E-state index contributed by atoms with van der Waals surface area (Å²) in [5, 5.41) is 2.89. The topological polar surface area (TPSA) is 59.6 Å². The van der Waals surface area contributed by atoms with Gasteiger partial charge in [0.1, 0.15) is 0 Å². The van der Waals surface area contributed by atoms with Crippen molar-refractivity contribution in [2.24, 2.45) is 10.7 Å². The second-order valence-corrected chi connectivity index (χ2v) is 4.39. The first-order valence-corrected chi connectivity index (χ1v) is 6.12. The van der Waals surface area contributed by atoms with Crippen molar-refractivity contribution in [1.29, 1.82) is 0 Å². The zero-order valence-electron chi connectivity index (χ0n) is 11.8.